The molecule has 0 heterocycles. The Morgan fingerprint density at radius 1 is 1.20 bits per heavy atom. The molecule has 1 amide bonds. The number of amides is 1. The second-order valence-corrected chi connectivity index (χ2v) is 3.96. The van der Waals surface area contributed by atoms with Crippen LogP contribution >= 0.6 is 0 Å². The van der Waals surface area contributed by atoms with Crippen LogP contribution in [0.4, 0.5) is 0 Å². The van der Waals surface area contributed by atoms with Gasteiger partial charge < -0.3 is 29.7 Å². The number of rotatable bonds is 7. The summed E-state index contributed by atoms with van der Waals surface area (Å²) in [7, 11) is 4.38. The van der Waals surface area contributed by atoms with E-state index in [1.54, 1.807) is 0 Å². The molecule has 1 aromatic carbocycles. The van der Waals surface area contributed by atoms with Crippen LogP contribution in [-0.4, -0.2) is 56.7 Å². The van der Waals surface area contributed by atoms with Crippen LogP contribution in [0.3, 0.4) is 0 Å². The van der Waals surface area contributed by atoms with E-state index < -0.39 is 18.6 Å². The molecule has 0 aliphatic rings. The van der Waals surface area contributed by atoms with Crippen molar-refractivity contribution in [1.82, 2.24) is 5.32 Å². The number of carbonyl (C=O) groups is 1. The molecule has 7 nitrogen and oxygen atoms in total. The summed E-state index contributed by atoms with van der Waals surface area (Å²) in [4.78, 5) is 11.9. The zero-order chi connectivity index (χ0) is 15.1. The molecule has 0 saturated carbocycles. The van der Waals surface area contributed by atoms with Gasteiger partial charge in [0.25, 0.3) is 5.91 Å². The van der Waals surface area contributed by atoms with Gasteiger partial charge >= 0.3 is 0 Å². The quantitative estimate of drug-likeness (QED) is 0.641. The van der Waals surface area contributed by atoms with Crippen LogP contribution < -0.4 is 19.5 Å². The number of carbonyl (C=O) groups excluding carboxylic acids is 1. The molecule has 0 fully saturated rings. The van der Waals surface area contributed by atoms with Gasteiger partial charge in [0.1, 0.15) is 0 Å². The molecule has 1 aromatic rings. The van der Waals surface area contributed by atoms with Crippen LogP contribution in [-0.2, 0) is 0 Å². The molecule has 0 aromatic heterocycles. The topological polar surface area (TPSA) is 97.3 Å². The van der Waals surface area contributed by atoms with Crippen LogP contribution in [0.2, 0.25) is 0 Å². The van der Waals surface area contributed by atoms with Gasteiger partial charge in [-0.05, 0) is 12.1 Å². The number of methoxy groups -OCH3 is 3. The summed E-state index contributed by atoms with van der Waals surface area (Å²) < 4.78 is 15.4. The highest BCUT2D eigenvalue weighted by atomic mass is 16.5. The van der Waals surface area contributed by atoms with Gasteiger partial charge in [0.2, 0.25) is 5.75 Å². The molecular formula is C13H19NO6. The fourth-order valence-corrected chi connectivity index (χ4v) is 1.59. The number of nitrogens with one attached hydrogen (secondary N) is 1. The number of hydrogen-bond acceptors (Lipinski definition) is 6. The average Bonchev–Trinajstić information content (AvgIpc) is 2.50. The summed E-state index contributed by atoms with van der Waals surface area (Å²) in [5, 5.41) is 20.4. The lowest BCUT2D eigenvalue weighted by atomic mass is 10.1. The minimum Gasteiger partial charge on any atom is -0.493 e. The van der Waals surface area contributed by atoms with E-state index in [9.17, 15) is 9.90 Å². The molecule has 3 N–H and O–H groups in total. The third kappa shape index (κ3) is 3.75. The molecule has 1 atom stereocenters. The first kappa shape index (κ1) is 16.1. The first-order valence-electron chi connectivity index (χ1n) is 5.94. The van der Waals surface area contributed by atoms with Gasteiger partial charge in [-0.25, -0.2) is 0 Å². The Labute approximate surface area is 117 Å². The van der Waals surface area contributed by atoms with Crippen molar-refractivity contribution in [3.63, 3.8) is 0 Å². The van der Waals surface area contributed by atoms with Crippen molar-refractivity contribution in [3.8, 4) is 17.2 Å². The maximum absolute atomic E-state index is 11.9. The lowest BCUT2D eigenvalue weighted by molar-refractivity contribution is 0.0801. The van der Waals surface area contributed by atoms with E-state index in [4.69, 9.17) is 19.3 Å². The summed E-state index contributed by atoms with van der Waals surface area (Å²) in [6, 6.07) is 3.00. The van der Waals surface area contributed by atoms with Gasteiger partial charge in [-0.3, -0.25) is 4.79 Å². The standard InChI is InChI=1S/C13H19NO6/c1-18-10-4-8(5-11(19-2)12(10)20-3)13(17)14-6-9(16)7-15/h4-5,9,15-16H,6-7H2,1-3H3,(H,14,17). The molecule has 1 unspecified atom stereocenters. The third-order valence-corrected chi connectivity index (χ3v) is 2.64. The predicted molar refractivity (Wildman–Crippen MR) is 71.5 cm³/mol. The fourth-order valence-electron chi connectivity index (χ4n) is 1.59. The van der Waals surface area contributed by atoms with Gasteiger partial charge in [-0.2, -0.15) is 0 Å². The minimum absolute atomic E-state index is 0.0496. The van der Waals surface area contributed by atoms with E-state index >= 15 is 0 Å². The van der Waals surface area contributed by atoms with E-state index in [1.165, 1.54) is 33.5 Å². The molecule has 112 valence electrons. The number of hydrogen-bond donors (Lipinski definition) is 3. The summed E-state index contributed by atoms with van der Waals surface area (Å²) in [5.74, 6) is 0.693. The van der Waals surface area contributed by atoms with Crippen molar-refractivity contribution in [3.05, 3.63) is 17.7 Å². The summed E-state index contributed by atoms with van der Waals surface area (Å²) in [6.07, 6.45) is -0.999. The lowest BCUT2D eigenvalue weighted by Crippen LogP contribution is -2.33. The Balaban J connectivity index is 2.97. The first-order chi connectivity index (χ1) is 9.57. The summed E-state index contributed by atoms with van der Waals surface area (Å²) >= 11 is 0. The van der Waals surface area contributed by atoms with E-state index in [0.717, 1.165) is 0 Å². The number of aliphatic hydroxyl groups excluding tert-OH is 2. The van der Waals surface area contributed by atoms with Crippen LogP contribution in [0.5, 0.6) is 17.2 Å². The smallest absolute Gasteiger partial charge is 0.251 e. The molecule has 20 heavy (non-hydrogen) atoms. The highest BCUT2D eigenvalue weighted by Crippen LogP contribution is 2.38. The van der Waals surface area contributed by atoms with Gasteiger partial charge in [-0.1, -0.05) is 0 Å². The minimum atomic E-state index is -0.999. The first-order valence-corrected chi connectivity index (χ1v) is 5.94. The lowest BCUT2D eigenvalue weighted by Gasteiger charge is -2.14. The molecule has 7 heteroatoms. The maximum Gasteiger partial charge on any atom is 0.251 e. The van der Waals surface area contributed by atoms with E-state index in [0.29, 0.717) is 22.8 Å². The summed E-state index contributed by atoms with van der Waals surface area (Å²) in [6.45, 7) is -0.471. The molecule has 0 bridgehead atoms. The maximum atomic E-state index is 11.9. The zero-order valence-corrected chi connectivity index (χ0v) is 11.7. The number of benzene rings is 1. The van der Waals surface area contributed by atoms with Gasteiger partial charge in [0.15, 0.2) is 11.5 Å². The molecule has 0 saturated heterocycles. The van der Waals surface area contributed by atoms with Crippen LogP contribution in [0.15, 0.2) is 12.1 Å². The van der Waals surface area contributed by atoms with Crippen molar-refractivity contribution < 1.29 is 29.2 Å². The Bertz CT molecular complexity index is 437. The van der Waals surface area contributed by atoms with E-state index in [1.807, 2.05) is 0 Å². The highest BCUT2D eigenvalue weighted by Gasteiger charge is 2.17. The molecule has 1 rings (SSSR count). The SMILES string of the molecule is COc1cc(C(=O)NCC(O)CO)cc(OC)c1OC. The molecule has 0 spiro atoms. The fraction of sp³-hybridized carbons (Fsp3) is 0.462. The second kappa shape index (κ2) is 7.56. The van der Waals surface area contributed by atoms with Crippen molar-refractivity contribution >= 4 is 5.91 Å². The van der Waals surface area contributed by atoms with Crippen molar-refractivity contribution in [2.24, 2.45) is 0 Å². The second-order valence-electron chi connectivity index (χ2n) is 3.96. The predicted octanol–water partition coefficient (Wildman–Crippen LogP) is -0.205. The monoisotopic (exact) mass is 285 g/mol. The van der Waals surface area contributed by atoms with Gasteiger partial charge in [0.05, 0.1) is 34.0 Å². The Morgan fingerprint density at radius 2 is 1.75 bits per heavy atom. The van der Waals surface area contributed by atoms with Gasteiger partial charge in [-0.15, -0.1) is 0 Å². The van der Waals surface area contributed by atoms with Crippen LogP contribution in [0, 0.1) is 0 Å². The van der Waals surface area contributed by atoms with Crippen LogP contribution in [0.1, 0.15) is 10.4 Å². The molecule has 0 aliphatic carbocycles. The molecule has 0 radical (unpaired) electrons. The zero-order valence-electron chi connectivity index (χ0n) is 11.7. The highest BCUT2D eigenvalue weighted by molar-refractivity contribution is 5.95. The molecule has 0 aliphatic heterocycles. The summed E-state index contributed by atoms with van der Waals surface area (Å²) in [5.41, 5.74) is 0.296. The average molecular weight is 285 g/mol. The third-order valence-electron chi connectivity index (χ3n) is 2.64. The Kier molecular flexibility index (Phi) is 6.08. The number of ether oxygens (including phenoxy) is 3. The largest absolute Gasteiger partial charge is 0.493 e. The van der Waals surface area contributed by atoms with Gasteiger partial charge in [0, 0.05) is 12.1 Å². The van der Waals surface area contributed by atoms with Crippen molar-refractivity contribution in [2.75, 3.05) is 34.5 Å². The Hall–Kier alpha value is -1.99. The number of aliphatic hydroxyl groups is 2. The van der Waals surface area contributed by atoms with E-state index in [2.05, 4.69) is 5.32 Å². The van der Waals surface area contributed by atoms with E-state index in [-0.39, 0.29) is 6.54 Å². The van der Waals surface area contributed by atoms with Crippen molar-refractivity contribution in [1.29, 1.82) is 0 Å². The molecular weight excluding hydrogens is 266 g/mol. The Morgan fingerprint density at radius 3 is 2.15 bits per heavy atom. The normalized spacial score (nSPS) is 11.7. The van der Waals surface area contributed by atoms with Crippen molar-refractivity contribution in [2.45, 2.75) is 6.10 Å². The van der Waals surface area contributed by atoms with Crippen LogP contribution in [0.25, 0.3) is 0 Å².